The molecule has 0 fully saturated rings. The van der Waals surface area contributed by atoms with Gasteiger partial charge in [-0.25, -0.2) is 0 Å². The number of benzene rings is 2. The number of rotatable bonds is 9. The number of aromatic nitrogens is 1. The van der Waals surface area contributed by atoms with Crippen molar-refractivity contribution in [2.45, 2.75) is 19.9 Å². The number of ether oxygens (including phenoxy) is 3. The van der Waals surface area contributed by atoms with Crippen LogP contribution in [0.2, 0.25) is 0 Å². The molecule has 0 aliphatic carbocycles. The minimum absolute atomic E-state index is 0.188. The van der Waals surface area contributed by atoms with Gasteiger partial charge in [0.05, 0.1) is 51.1 Å². The lowest BCUT2D eigenvalue weighted by atomic mass is 9.86. The van der Waals surface area contributed by atoms with E-state index < -0.39 is 5.41 Å². The lowest BCUT2D eigenvalue weighted by Gasteiger charge is -2.32. The number of nitrogens with zero attached hydrogens (tertiary/aromatic N) is 1. The number of fused-ring (bicyclic) bond motifs is 1. The number of methoxy groups -OCH3 is 3. The largest absolute Gasteiger partial charge is 0.497 e. The molecule has 3 rings (SSSR count). The molecule has 1 aromatic heterocycles. The van der Waals surface area contributed by atoms with E-state index in [0.717, 1.165) is 5.56 Å². The van der Waals surface area contributed by atoms with Gasteiger partial charge in [0.1, 0.15) is 17.2 Å². The smallest absolute Gasteiger partial charge is 0.193 e. The molecule has 0 aliphatic heterocycles. The van der Waals surface area contributed by atoms with Crippen LogP contribution in [0.25, 0.3) is 22.2 Å². The summed E-state index contributed by atoms with van der Waals surface area (Å²) >= 11 is 0. The average Bonchev–Trinajstić information content (AvgIpc) is 2.83. The highest BCUT2D eigenvalue weighted by Crippen LogP contribution is 2.35. The van der Waals surface area contributed by atoms with Crippen LogP contribution in [0.4, 0.5) is 0 Å². The third-order valence-electron chi connectivity index (χ3n) is 5.91. The van der Waals surface area contributed by atoms with Crippen molar-refractivity contribution < 1.29 is 24.4 Å². The van der Waals surface area contributed by atoms with Gasteiger partial charge >= 0.3 is 0 Å². The van der Waals surface area contributed by atoms with Crippen molar-refractivity contribution in [1.29, 1.82) is 0 Å². The predicted octanol–water partition coefficient (Wildman–Crippen LogP) is 3.08. The lowest BCUT2D eigenvalue weighted by Crippen LogP contribution is -2.35. The number of aliphatic hydroxyl groups excluding tert-OH is 2. The Labute approximate surface area is 181 Å². The first-order chi connectivity index (χ1) is 14.9. The minimum Gasteiger partial charge on any atom is -0.497 e. The molecule has 0 spiro atoms. The summed E-state index contributed by atoms with van der Waals surface area (Å²) in [5.74, 6) is 1.65. The average molecular weight is 427 g/mol. The Hall–Kier alpha value is -3.03. The van der Waals surface area contributed by atoms with Gasteiger partial charge in [-0.2, -0.15) is 0 Å². The maximum atomic E-state index is 13.1. The molecule has 2 N–H and O–H groups in total. The van der Waals surface area contributed by atoms with E-state index in [0.29, 0.717) is 46.8 Å². The van der Waals surface area contributed by atoms with E-state index in [1.807, 2.05) is 35.8 Å². The molecule has 7 heteroatoms. The summed E-state index contributed by atoms with van der Waals surface area (Å²) in [6.07, 6.45) is 0.552. The van der Waals surface area contributed by atoms with Gasteiger partial charge in [0.15, 0.2) is 5.43 Å². The second-order valence-electron chi connectivity index (χ2n) is 7.60. The summed E-state index contributed by atoms with van der Waals surface area (Å²) in [6, 6.07) is 12.4. The Morgan fingerprint density at radius 1 is 0.903 bits per heavy atom. The molecule has 31 heavy (non-hydrogen) atoms. The van der Waals surface area contributed by atoms with Crippen molar-refractivity contribution in [3.63, 3.8) is 0 Å². The maximum Gasteiger partial charge on any atom is 0.193 e. The number of aliphatic hydroxyl groups is 2. The fourth-order valence-corrected chi connectivity index (χ4v) is 3.71. The first-order valence-corrected chi connectivity index (χ1v) is 10.1. The Bertz CT molecular complexity index is 1090. The van der Waals surface area contributed by atoms with Crippen molar-refractivity contribution in [1.82, 2.24) is 4.57 Å². The Morgan fingerprint density at radius 2 is 1.55 bits per heavy atom. The second-order valence-corrected chi connectivity index (χ2v) is 7.60. The van der Waals surface area contributed by atoms with Gasteiger partial charge < -0.3 is 29.0 Å². The molecule has 166 valence electrons. The molecule has 0 amide bonds. The molecule has 0 bridgehead atoms. The van der Waals surface area contributed by atoms with Gasteiger partial charge in [-0.3, -0.25) is 4.79 Å². The highest BCUT2D eigenvalue weighted by atomic mass is 16.5. The fourth-order valence-electron chi connectivity index (χ4n) is 3.71. The van der Waals surface area contributed by atoms with Crippen LogP contribution in [0.15, 0.2) is 47.3 Å². The van der Waals surface area contributed by atoms with E-state index >= 15 is 0 Å². The summed E-state index contributed by atoms with van der Waals surface area (Å²) < 4.78 is 18.1. The van der Waals surface area contributed by atoms with Gasteiger partial charge in [0, 0.05) is 30.2 Å². The Morgan fingerprint density at radius 3 is 2.06 bits per heavy atom. The topological polar surface area (TPSA) is 90.2 Å². The van der Waals surface area contributed by atoms with Gasteiger partial charge in [0.2, 0.25) is 0 Å². The molecule has 0 unspecified atom stereocenters. The summed E-state index contributed by atoms with van der Waals surface area (Å²) in [6.45, 7) is 1.82. The Balaban J connectivity index is 2.40. The monoisotopic (exact) mass is 427 g/mol. The minimum atomic E-state index is -0.764. The summed E-state index contributed by atoms with van der Waals surface area (Å²) in [5.41, 5.74) is 1.12. The molecule has 2 aromatic carbocycles. The van der Waals surface area contributed by atoms with E-state index in [2.05, 4.69) is 0 Å². The summed E-state index contributed by atoms with van der Waals surface area (Å²) in [5, 5.41) is 20.6. The van der Waals surface area contributed by atoms with Crippen LogP contribution in [0, 0.1) is 5.41 Å². The first-order valence-electron chi connectivity index (χ1n) is 10.1. The van der Waals surface area contributed by atoms with E-state index in [1.54, 1.807) is 32.4 Å². The molecule has 0 atom stereocenters. The van der Waals surface area contributed by atoms with Crippen LogP contribution < -0.4 is 19.6 Å². The first kappa shape index (κ1) is 22.7. The van der Waals surface area contributed by atoms with E-state index in [1.165, 1.54) is 7.11 Å². The number of pyridine rings is 1. The van der Waals surface area contributed by atoms with Crippen LogP contribution in [0.3, 0.4) is 0 Å². The number of hydrogen-bond acceptors (Lipinski definition) is 6. The second kappa shape index (κ2) is 9.41. The van der Waals surface area contributed by atoms with E-state index in [9.17, 15) is 15.0 Å². The normalized spacial score (nSPS) is 11.5. The summed E-state index contributed by atoms with van der Waals surface area (Å²) in [7, 11) is 4.65. The Kier molecular flexibility index (Phi) is 6.87. The molecule has 0 radical (unpaired) electrons. The maximum absolute atomic E-state index is 13.1. The van der Waals surface area contributed by atoms with Crippen molar-refractivity contribution in [2.24, 2.45) is 5.41 Å². The van der Waals surface area contributed by atoms with Gasteiger partial charge in [-0.05, 0) is 36.2 Å². The molecular weight excluding hydrogens is 398 g/mol. The molecule has 0 saturated heterocycles. The summed E-state index contributed by atoms with van der Waals surface area (Å²) in [4.78, 5) is 13.1. The quantitative estimate of drug-likeness (QED) is 0.546. The van der Waals surface area contributed by atoms with E-state index in [-0.39, 0.29) is 18.6 Å². The molecule has 1 heterocycles. The van der Waals surface area contributed by atoms with Crippen LogP contribution in [-0.4, -0.2) is 49.3 Å². The predicted molar refractivity (Wildman–Crippen MR) is 120 cm³/mol. The van der Waals surface area contributed by atoms with Crippen LogP contribution in [-0.2, 0) is 6.54 Å². The lowest BCUT2D eigenvalue weighted by molar-refractivity contribution is 0.0377. The molecular formula is C24H29NO6. The molecule has 0 aliphatic rings. The van der Waals surface area contributed by atoms with Gasteiger partial charge in [-0.1, -0.05) is 6.92 Å². The van der Waals surface area contributed by atoms with Crippen molar-refractivity contribution in [3.05, 3.63) is 52.7 Å². The van der Waals surface area contributed by atoms with Crippen molar-refractivity contribution in [3.8, 4) is 28.5 Å². The zero-order chi connectivity index (χ0) is 22.6. The van der Waals surface area contributed by atoms with E-state index in [4.69, 9.17) is 14.2 Å². The standard InChI is InChI=1S/C24H29NO6/c1-5-24(14-26,15-27)13-25-19(16-6-8-17(29-2)9-7-16)12-21(28)23-20(25)10-18(30-3)11-22(23)31-4/h6-12,26-27H,5,13-15H2,1-4H3. The van der Waals surface area contributed by atoms with Crippen LogP contribution >= 0.6 is 0 Å². The SMILES string of the molecule is CCC(CO)(CO)Cn1c(-c2ccc(OC)cc2)cc(=O)c2c(OC)cc(OC)cc21. The highest BCUT2D eigenvalue weighted by Gasteiger charge is 2.29. The van der Waals surface area contributed by atoms with Crippen molar-refractivity contribution >= 4 is 10.9 Å². The fraction of sp³-hybridized carbons (Fsp3) is 0.375. The molecule has 3 aromatic rings. The third-order valence-corrected chi connectivity index (χ3v) is 5.91. The zero-order valence-electron chi connectivity index (χ0n) is 18.3. The van der Waals surface area contributed by atoms with Crippen molar-refractivity contribution in [2.75, 3.05) is 34.5 Å². The van der Waals surface area contributed by atoms with Gasteiger partial charge in [0.25, 0.3) is 0 Å². The third kappa shape index (κ3) is 4.24. The molecule has 0 saturated carbocycles. The highest BCUT2D eigenvalue weighted by molar-refractivity contribution is 5.89. The van der Waals surface area contributed by atoms with Crippen LogP contribution in [0.5, 0.6) is 17.2 Å². The van der Waals surface area contributed by atoms with Gasteiger partial charge in [-0.15, -0.1) is 0 Å². The zero-order valence-corrected chi connectivity index (χ0v) is 18.3. The molecule has 7 nitrogen and oxygen atoms in total. The number of hydrogen-bond donors (Lipinski definition) is 2. The van der Waals surface area contributed by atoms with Crippen LogP contribution in [0.1, 0.15) is 13.3 Å².